The van der Waals surface area contributed by atoms with Gasteiger partial charge in [0.05, 0.1) is 0 Å². The van der Waals surface area contributed by atoms with Gasteiger partial charge in [-0.3, -0.25) is 9.59 Å². The van der Waals surface area contributed by atoms with Crippen molar-refractivity contribution in [3.8, 4) is 57.1 Å². The number of rotatable bonds is 13. The molecule has 0 aliphatic rings. The standard InChI is InChI=1S/C58H36Br2O6/c59-43-19-31-47(32-20-43)63-45-23-9-39(10-24-45)57(61)41-13-27-49(28-14-41)65-53-35-17-37-5-1-3-7-51(37)55(53)56-52-8-4-2-6-38(52)18-36-54(56)66-50-29-15-42(16-30-50)58(62)40-11-25-46(26-12-40)64-48-33-21-44(60)22-34-48/h1-36H. The third kappa shape index (κ3) is 9.24. The molecule has 0 amide bonds. The van der Waals surface area contributed by atoms with E-state index in [9.17, 15) is 9.59 Å². The van der Waals surface area contributed by atoms with E-state index in [4.69, 9.17) is 18.9 Å². The summed E-state index contributed by atoms with van der Waals surface area (Å²) in [6.07, 6.45) is 0. The molecule has 0 aliphatic carbocycles. The maximum absolute atomic E-state index is 13.6. The SMILES string of the molecule is O=C(c1ccc(Oc2ccc(Br)cc2)cc1)c1ccc(Oc2ccc3ccccc3c2-c2c(Oc3ccc(C(=O)c4ccc(Oc5ccc(Br)cc5)cc4)cc3)ccc3ccccc23)cc1. The molecule has 66 heavy (non-hydrogen) atoms. The van der Waals surface area contributed by atoms with Crippen LogP contribution in [0, 0.1) is 0 Å². The second-order valence-electron chi connectivity index (χ2n) is 15.4. The van der Waals surface area contributed by atoms with Gasteiger partial charge in [0.2, 0.25) is 0 Å². The van der Waals surface area contributed by atoms with Crippen molar-refractivity contribution in [1.29, 1.82) is 0 Å². The van der Waals surface area contributed by atoms with E-state index >= 15 is 0 Å². The summed E-state index contributed by atoms with van der Waals surface area (Å²) < 4.78 is 27.3. The van der Waals surface area contributed by atoms with E-state index in [1.807, 2.05) is 121 Å². The lowest BCUT2D eigenvalue weighted by Crippen LogP contribution is -2.01. The summed E-state index contributed by atoms with van der Waals surface area (Å²) in [6, 6.07) is 68.1. The summed E-state index contributed by atoms with van der Waals surface area (Å²) in [4.78, 5) is 27.2. The molecule has 10 rings (SSSR count). The summed E-state index contributed by atoms with van der Waals surface area (Å²) in [5.41, 5.74) is 3.85. The first kappa shape index (κ1) is 42.2. The van der Waals surface area contributed by atoms with E-state index in [1.165, 1.54) is 0 Å². The molecule has 0 heterocycles. The number of ether oxygens (including phenoxy) is 4. The molecule has 0 fully saturated rings. The first-order valence-electron chi connectivity index (χ1n) is 21.1. The maximum Gasteiger partial charge on any atom is 0.193 e. The molecule has 6 nitrogen and oxygen atoms in total. The Morgan fingerprint density at radius 3 is 0.879 bits per heavy atom. The predicted octanol–water partition coefficient (Wildman–Crippen LogP) is 16.8. The molecule has 0 N–H and O–H groups in total. The van der Waals surface area contributed by atoms with Crippen molar-refractivity contribution in [2.75, 3.05) is 0 Å². The van der Waals surface area contributed by atoms with Crippen molar-refractivity contribution < 1.29 is 28.5 Å². The largest absolute Gasteiger partial charge is 0.457 e. The van der Waals surface area contributed by atoms with Crippen LogP contribution in [0.4, 0.5) is 0 Å². The van der Waals surface area contributed by atoms with Gasteiger partial charge in [0, 0.05) is 42.3 Å². The van der Waals surface area contributed by atoms with E-state index < -0.39 is 0 Å². The van der Waals surface area contributed by atoms with Crippen molar-refractivity contribution in [3.05, 3.63) is 250 Å². The number of benzene rings is 10. The summed E-state index contributed by atoms with van der Waals surface area (Å²) in [7, 11) is 0. The second-order valence-corrected chi connectivity index (χ2v) is 17.2. The summed E-state index contributed by atoms with van der Waals surface area (Å²) in [6.45, 7) is 0. The molecule has 10 aromatic carbocycles. The highest BCUT2D eigenvalue weighted by atomic mass is 79.9. The normalized spacial score (nSPS) is 11.0. The van der Waals surface area contributed by atoms with Gasteiger partial charge in [0.1, 0.15) is 46.0 Å². The minimum atomic E-state index is -0.116. The molecule has 0 atom stereocenters. The number of carbonyl (C=O) groups excluding carboxylic acids is 2. The summed E-state index contributed by atoms with van der Waals surface area (Å²) in [5, 5.41) is 4.02. The van der Waals surface area contributed by atoms with Crippen LogP contribution in [0.15, 0.2) is 227 Å². The Hall–Kier alpha value is -7.78. The minimum absolute atomic E-state index is 0.116. The van der Waals surface area contributed by atoms with Crippen LogP contribution in [0.3, 0.4) is 0 Å². The van der Waals surface area contributed by atoms with Gasteiger partial charge in [0.15, 0.2) is 11.6 Å². The zero-order valence-corrected chi connectivity index (χ0v) is 38.2. The molecule has 318 valence electrons. The Kier molecular flexibility index (Phi) is 12.0. The number of hydrogen-bond donors (Lipinski definition) is 0. The third-order valence-corrected chi connectivity index (χ3v) is 12.1. The molecule has 0 aliphatic heterocycles. The zero-order chi connectivity index (χ0) is 45.0. The Balaban J connectivity index is 0.914. The zero-order valence-electron chi connectivity index (χ0n) is 35.0. The first-order valence-corrected chi connectivity index (χ1v) is 22.7. The molecular formula is C58H36Br2O6. The fourth-order valence-corrected chi connectivity index (χ4v) is 8.28. The van der Waals surface area contributed by atoms with Crippen LogP contribution in [0.25, 0.3) is 32.7 Å². The van der Waals surface area contributed by atoms with E-state index in [-0.39, 0.29) is 11.6 Å². The lowest BCUT2D eigenvalue weighted by molar-refractivity contribution is 0.103. The highest BCUT2D eigenvalue weighted by molar-refractivity contribution is 9.10. The van der Waals surface area contributed by atoms with E-state index in [0.717, 1.165) is 41.6 Å². The smallest absolute Gasteiger partial charge is 0.193 e. The number of ketones is 2. The minimum Gasteiger partial charge on any atom is -0.457 e. The number of halogens is 2. The highest BCUT2D eigenvalue weighted by Gasteiger charge is 2.21. The fourth-order valence-electron chi connectivity index (χ4n) is 7.75. The molecular weight excluding hydrogens is 952 g/mol. The fraction of sp³-hybridized carbons (Fsp3) is 0. The Bertz CT molecular complexity index is 3140. The van der Waals surface area contributed by atoms with Gasteiger partial charge in [-0.15, -0.1) is 0 Å². The van der Waals surface area contributed by atoms with Gasteiger partial charge in [-0.2, -0.15) is 0 Å². The highest BCUT2D eigenvalue weighted by Crippen LogP contribution is 2.47. The van der Waals surface area contributed by atoms with Gasteiger partial charge >= 0.3 is 0 Å². The quantitative estimate of drug-likeness (QED) is 0.107. The molecule has 0 radical (unpaired) electrons. The topological polar surface area (TPSA) is 71.1 Å². The van der Waals surface area contributed by atoms with Crippen molar-refractivity contribution in [2.24, 2.45) is 0 Å². The van der Waals surface area contributed by atoms with Crippen molar-refractivity contribution >= 4 is 65.0 Å². The molecule has 0 bridgehead atoms. The second kappa shape index (κ2) is 18.7. The van der Waals surface area contributed by atoms with Crippen molar-refractivity contribution in [1.82, 2.24) is 0 Å². The maximum atomic E-state index is 13.6. The lowest BCUT2D eigenvalue weighted by Gasteiger charge is -2.20. The Morgan fingerprint density at radius 1 is 0.288 bits per heavy atom. The average molecular weight is 989 g/mol. The number of fused-ring (bicyclic) bond motifs is 2. The molecule has 10 aromatic rings. The van der Waals surface area contributed by atoms with Gasteiger partial charge in [-0.1, -0.05) is 92.5 Å². The predicted molar refractivity (Wildman–Crippen MR) is 268 cm³/mol. The molecule has 0 aromatic heterocycles. The van der Waals surface area contributed by atoms with Crippen LogP contribution < -0.4 is 18.9 Å². The van der Waals surface area contributed by atoms with Crippen LogP contribution in [-0.2, 0) is 0 Å². The van der Waals surface area contributed by atoms with Crippen LogP contribution in [0.1, 0.15) is 31.8 Å². The molecule has 0 saturated carbocycles. The summed E-state index contributed by atoms with van der Waals surface area (Å²) in [5.74, 6) is 4.81. The summed E-state index contributed by atoms with van der Waals surface area (Å²) >= 11 is 6.88. The van der Waals surface area contributed by atoms with E-state index in [0.29, 0.717) is 68.2 Å². The van der Waals surface area contributed by atoms with Gasteiger partial charge in [0.25, 0.3) is 0 Å². The van der Waals surface area contributed by atoms with E-state index in [2.05, 4.69) is 56.1 Å². The van der Waals surface area contributed by atoms with Crippen LogP contribution in [0.2, 0.25) is 0 Å². The Labute approximate surface area is 397 Å². The van der Waals surface area contributed by atoms with Crippen molar-refractivity contribution in [2.45, 2.75) is 0 Å². The molecule has 0 unspecified atom stereocenters. The average Bonchev–Trinajstić information content (AvgIpc) is 3.36. The first-order chi connectivity index (χ1) is 32.3. The van der Waals surface area contributed by atoms with Gasteiger partial charge in [-0.05, 0) is 179 Å². The molecule has 0 saturated heterocycles. The monoisotopic (exact) mass is 986 g/mol. The van der Waals surface area contributed by atoms with Crippen LogP contribution >= 0.6 is 31.9 Å². The van der Waals surface area contributed by atoms with Gasteiger partial charge in [-0.25, -0.2) is 0 Å². The van der Waals surface area contributed by atoms with Crippen molar-refractivity contribution in [3.63, 3.8) is 0 Å². The van der Waals surface area contributed by atoms with Crippen LogP contribution in [0.5, 0.6) is 46.0 Å². The third-order valence-electron chi connectivity index (χ3n) is 11.1. The Morgan fingerprint density at radius 2 is 0.561 bits per heavy atom. The lowest BCUT2D eigenvalue weighted by atomic mass is 9.92. The van der Waals surface area contributed by atoms with E-state index in [1.54, 1.807) is 72.8 Å². The molecule has 0 spiro atoms. The van der Waals surface area contributed by atoms with Crippen LogP contribution in [-0.4, -0.2) is 11.6 Å². The number of hydrogen-bond acceptors (Lipinski definition) is 6. The molecule has 8 heteroatoms. The number of carbonyl (C=O) groups is 2. The van der Waals surface area contributed by atoms with Gasteiger partial charge < -0.3 is 18.9 Å².